The van der Waals surface area contributed by atoms with Gasteiger partial charge in [-0.25, -0.2) is 0 Å². The third-order valence-corrected chi connectivity index (χ3v) is 3.22. The normalized spacial score (nSPS) is 10.6. The molecular weight excluding hydrogens is 256 g/mol. The van der Waals surface area contributed by atoms with Gasteiger partial charge in [-0.2, -0.15) is 5.10 Å². The molecule has 0 atom stereocenters. The van der Waals surface area contributed by atoms with Crippen LogP contribution in [0.2, 0.25) is 0 Å². The molecular formula is C15H18N2O3. The molecule has 5 heteroatoms. The Morgan fingerprint density at radius 1 is 1.40 bits per heavy atom. The van der Waals surface area contributed by atoms with Gasteiger partial charge in [-0.3, -0.25) is 9.89 Å². The maximum absolute atomic E-state index is 10.7. The van der Waals surface area contributed by atoms with Crippen molar-refractivity contribution >= 4 is 5.97 Å². The van der Waals surface area contributed by atoms with Crippen molar-refractivity contribution in [2.24, 2.45) is 0 Å². The predicted octanol–water partition coefficient (Wildman–Crippen LogP) is 2.72. The smallest absolute Gasteiger partial charge is 0.303 e. The molecule has 0 aliphatic rings. The van der Waals surface area contributed by atoms with Crippen LogP contribution < -0.4 is 4.74 Å². The summed E-state index contributed by atoms with van der Waals surface area (Å²) in [5, 5.41) is 15.8. The molecule has 0 unspecified atom stereocenters. The number of aryl methyl sites for hydroxylation is 3. The summed E-state index contributed by atoms with van der Waals surface area (Å²) in [7, 11) is 1.63. The van der Waals surface area contributed by atoms with Crippen LogP contribution in [0, 0.1) is 13.8 Å². The van der Waals surface area contributed by atoms with Crippen LogP contribution in [0.15, 0.2) is 18.3 Å². The number of aromatic amines is 1. The number of aromatic nitrogens is 2. The van der Waals surface area contributed by atoms with E-state index in [9.17, 15) is 4.79 Å². The summed E-state index contributed by atoms with van der Waals surface area (Å²) < 4.78 is 5.47. The molecule has 0 spiro atoms. The largest absolute Gasteiger partial charge is 0.496 e. The van der Waals surface area contributed by atoms with Crippen LogP contribution in [0.25, 0.3) is 11.3 Å². The summed E-state index contributed by atoms with van der Waals surface area (Å²) >= 11 is 0. The topological polar surface area (TPSA) is 75.2 Å². The summed E-state index contributed by atoms with van der Waals surface area (Å²) in [6, 6.07) is 4.07. The van der Waals surface area contributed by atoms with Crippen molar-refractivity contribution in [2.75, 3.05) is 7.11 Å². The standard InChI is InChI=1S/C15H18N2O3/c1-9-6-10(2)15(20-3)12(7-9)14-11(8-16-17-14)4-5-13(18)19/h6-8H,4-5H2,1-3H3,(H,16,17)(H,18,19). The van der Waals surface area contributed by atoms with E-state index in [-0.39, 0.29) is 6.42 Å². The number of nitrogens with zero attached hydrogens (tertiary/aromatic N) is 1. The highest BCUT2D eigenvalue weighted by molar-refractivity contribution is 5.73. The lowest BCUT2D eigenvalue weighted by atomic mass is 9.99. The SMILES string of the molecule is COc1c(C)cc(C)cc1-c1[nH]ncc1CCC(=O)O. The van der Waals surface area contributed by atoms with E-state index in [2.05, 4.69) is 16.3 Å². The summed E-state index contributed by atoms with van der Waals surface area (Å²) in [6.07, 6.45) is 2.20. The molecule has 0 fully saturated rings. The molecule has 20 heavy (non-hydrogen) atoms. The van der Waals surface area contributed by atoms with Crippen LogP contribution in [0.3, 0.4) is 0 Å². The van der Waals surface area contributed by atoms with E-state index in [1.54, 1.807) is 13.3 Å². The molecule has 5 nitrogen and oxygen atoms in total. The molecule has 106 valence electrons. The summed E-state index contributed by atoms with van der Waals surface area (Å²) in [5.74, 6) is -0.0269. The van der Waals surface area contributed by atoms with Crippen LogP contribution in [-0.4, -0.2) is 28.4 Å². The summed E-state index contributed by atoms with van der Waals surface area (Å²) in [5.41, 5.74) is 4.80. The van der Waals surface area contributed by atoms with Crippen LogP contribution >= 0.6 is 0 Å². The van der Waals surface area contributed by atoms with Gasteiger partial charge in [-0.1, -0.05) is 6.07 Å². The number of nitrogens with one attached hydrogen (secondary N) is 1. The van der Waals surface area contributed by atoms with E-state index in [1.165, 1.54) is 0 Å². The molecule has 2 rings (SSSR count). The average molecular weight is 274 g/mol. The Balaban J connectivity index is 2.46. The van der Waals surface area contributed by atoms with E-state index in [0.29, 0.717) is 6.42 Å². The number of carboxylic acid groups (broad SMARTS) is 1. The van der Waals surface area contributed by atoms with Gasteiger partial charge in [0.05, 0.1) is 19.0 Å². The number of carboxylic acids is 1. The first-order valence-corrected chi connectivity index (χ1v) is 6.42. The lowest BCUT2D eigenvalue weighted by Crippen LogP contribution is -1.99. The predicted molar refractivity (Wildman–Crippen MR) is 76.0 cm³/mol. The highest BCUT2D eigenvalue weighted by atomic mass is 16.5. The third kappa shape index (κ3) is 2.82. The monoisotopic (exact) mass is 274 g/mol. The zero-order chi connectivity index (χ0) is 14.7. The van der Waals surface area contributed by atoms with Gasteiger partial charge in [0.25, 0.3) is 0 Å². The molecule has 1 heterocycles. The Morgan fingerprint density at radius 2 is 2.15 bits per heavy atom. The van der Waals surface area contributed by atoms with Crippen molar-refractivity contribution in [1.29, 1.82) is 0 Å². The number of rotatable bonds is 5. The van der Waals surface area contributed by atoms with Gasteiger partial charge < -0.3 is 9.84 Å². The highest BCUT2D eigenvalue weighted by Gasteiger charge is 2.15. The second-order valence-electron chi connectivity index (χ2n) is 4.83. The van der Waals surface area contributed by atoms with Crippen molar-refractivity contribution in [3.8, 4) is 17.0 Å². The molecule has 0 amide bonds. The number of benzene rings is 1. The zero-order valence-corrected chi connectivity index (χ0v) is 11.9. The van der Waals surface area contributed by atoms with Crippen LogP contribution in [0.5, 0.6) is 5.75 Å². The maximum atomic E-state index is 10.7. The molecule has 2 aromatic rings. The van der Waals surface area contributed by atoms with Crippen molar-refractivity contribution < 1.29 is 14.6 Å². The maximum Gasteiger partial charge on any atom is 0.303 e. The Bertz CT molecular complexity index is 632. The van der Waals surface area contributed by atoms with E-state index in [1.807, 2.05) is 19.9 Å². The Kier molecular flexibility index (Phi) is 4.08. The number of H-pyrrole nitrogens is 1. The number of hydrogen-bond acceptors (Lipinski definition) is 3. The Morgan fingerprint density at radius 3 is 2.80 bits per heavy atom. The lowest BCUT2D eigenvalue weighted by molar-refractivity contribution is -0.136. The minimum Gasteiger partial charge on any atom is -0.496 e. The van der Waals surface area contributed by atoms with Crippen LogP contribution in [-0.2, 0) is 11.2 Å². The van der Waals surface area contributed by atoms with Gasteiger partial charge in [-0.15, -0.1) is 0 Å². The molecule has 0 aliphatic heterocycles. The first-order valence-electron chi connectivity index (χ1n) is 6.42. The number of hydrogen-bond donors (Lipinski definition) is 2. The van der Waals surface area contributed by atoms with Crippen molar-refractivity contribution in [1.82, 2.24) is 10.2 Å². The molecule has 0 bridgehead atoms. The number of methoxy groups -OCH3 is 1. The number of ether oxygens (including phenoxy) is 1. The van der Waals surface area contributed by atoms with E-state index in [0.717, 1.165) is 33.7 Å². The quantitative estimate of drug-likeness (QED) is 0.879. The highest BCUT2D eigenvalue weighted by Crippen LogP contribution is 2.35. The molecule has 1 aromatic carbocycles. The van der Waals surface area contributed by atoms with Gasteiger partial charge in [0.15, 0.2) is 0 Å². The van der Waals surface area contributed by atoms with Gasteiger partial charge in [-0.05, 0) is 43.0 Å². The minimum absolute atomic E-state index is 0.0830. The zero-order valence-electron chi connectivity index (χ0n) is 11.9. The van der Waals surface area contributed by atoms with E-state index in [4.69, 9.17) is 9.84 Å². The summed E-state index contributed by atoms with van der Waals surface area (Å²) in [4.78, 5) is 10.7. The molecule has 0 saturated heterocycles. The average Bonchev–Trinajstić information content (AvgIpc) is 2.83. The molecule has 2 N–H and O–H groups in total. The molecule has 0 radical (unpaired) electrons. The lowest BCUT2D eigenvalue weighted by Gasteiger charge is -2.13. The number of aliphatic carboxylic acids is 1. The van der Waals surface area contributed by atoms with Crippen molar-refractivity contribution in [3.05, 3.63) is 35.0 Å². The first kappa shape index (κ1) is 14.1. The fourth-order valence-electron chi connectivity index (χ4n) is 2.39. The fourth-order valence-corrected chi connectivity index (χ4v) is 2.39. The molecule has 0 saturated carbocycles. The Labute approximate surface area is 117 Å². The van der Waals surface area contributed by atoms with Crippen LogP contribution in [0.4, 0.5) is 0 Å². The van der Waals surface area contributed by atoms with Gasteiger partial charge >= 0.3 is 5.97 Å². The Hall–Kier alpha value is -2.30. The second kappa shape index (κ2) is 5.77. The number of carbonyl (C=O) groups is 1. The fraction of sp³-hybridized carbons (Fsp3) is 0.333. The van der Waals surface area contributed by atoms with E-state index >= 15 is 0 Å². The molecule has 0 aliphatic carbocycles. The molecule has 1 aromatic heterocycles. The van der Waals surface area contributed by atoms with Crippen LogP contribution in [0.1, 0.15) is 23.1 Å². The third-order valence-electron chi connectivity index (χ3n) is 3.22. The van der Waals surface area contributed by atoms with Gasteiger partial charge in [0.2, 0.25) is 0 Å². The van der Waals surface area contributed by atoms with Gasteiger partial charge in [0, 0.05) is 12.0 Å². The second-order valence-corrected chi connectivity index (χ2v) is 4.83. The van der Waals surface area contributed by atoms with E-state index < -0.39 is 5.97 Å². The van der Waals surface area contributed by atoms with Gasteiger partial charge in [0.1, 0.15) is 5.75 Å². The summed E-state index contributed by atoms with van der Waals surface area (Å²) in [6.45, 7) is 4.01. The minimum atomic E-state index is -0.815. The van der Waals surface area contributed by atoms with Crippen molar-refractivity contribution in [2.45, 2.75) is 26.7 Å². The first-order chi connectivity index (χ1) is 9.52. The van der Waals surface area contributed by atoms with Crippen molar-refractivity contribution in [3.63, 3.8) is 0 Å².